The standard InChI is InChI=1S/C18H24N4O3S/c1-13-6-8-15(9-7-13)26(24,25)22-10-4-5-14(12-22)17-16(11-19-20-17)18(23)21(2)3/h6-9,11,14H,4-5,10,12H2,1-3H3,(H,19,20)/t14-/m1/s1. The molecule has 0 saturated carbocycles. The lowest BCUT2D eigenvalue weighted by molar-refractivity contribution is 0.0825. The van der Waals surface area contributed by atoms with Gasteiger partial charge in [-0.25, -0.2) is 8.42 Å². The highest BCUT2D eigenvalue weighted by Crippen LogP contribution is 2.31. The Balaban J connectivity index is 1.85. The van der Waals surface area contributed by atoms with E-state index in [1.807, 2.05) is 6.92 Å². The molecule has 0 radical (unpaired) electrons. The Labute approximate surface area is 154 Å². The summed E-state index contributed by atoms with van der Waals surface area (Å²) >= 11 is 0. The minimum atomic E-state index is -3.55. The van der Waals surface area contributed by atoms with Crippen LogP contribution in [0.25, 0.3) is 0 Å². The molecule has 1 saturated heterocycles. The normalized spacial score (nSPS) is 18.7. The van der Waals surface area contributed by atoms with Gasteiger partial charge in [0, 0.05) is 33.1 Å². The van der Waals surface area contributed by atoms with Crippen LogP contribution in [0.1, 0.15) is 40.4 Å². The minimum Gasteiger partial charge on any atom is -0.345 e. The van der Waals surface area contributed by atoms with Crippen molar-refractivity contribution in [1.29, 1.82) is 0 Å². The molecule has 1 fully saturated rings. The van der Waals surface area contributed by atoms with Gasteiger partial charge in [0.25, 0.3) is 5.91 Å². The van der Waals surface area contributed by atoms with Crippen LogP contribution in [0.4, 0.5) is 0 Å². The number of hydrogen-bond donors (Lipinski definition) is 1. The fourth-order valence-electron chi connectivity index (χ4n) is 3.27. The van der Waals surface area contributed by atoms with Gasteiger partial charge in [0.1, 0.15) is 0 Å². The number of hydrogen-bond acceptors (Lipinski definition) is 4. The monoisotopic (exact) mass is 376 g/mol. The Kier molecular flexibility index (Phi) is 5.15. The van der Waals surface area contributed by atoms with Gasteiger partial charge in [-0.2, -0.15) is 9.40 Å². The van der Waals surface area contributed by atoms with E-state index in [1.165, 1.54) is 15.4 Å². The molecule has 2 aromatic rings. The van der Waals surface area contributed by atoms with E-state index in [4.69, 9.17) is 0 Å². The number of benzene rings is 1. The molecule has 0 spiro atoms. The van der Waals surface area contributed by atoms with Crippen molar-refractivity contribution < 1.29 is 13.2 Å². The number of carbonyl (C=O) groups excluding carboxylic acids is 1. The summed E-state index contributed by atoms with van der Waals surface area (Å²) in [7, 11) is -0.171. The number of H-pyrrole nitrogens is 1. The van der Waals surface area contributed by atoms with E-state index in [9.17, 15) is 13.2 Å². The Bertz CT molecular complexity index is 887. The van der Waals surface area contributed by atoms with Crippen LogP contribution < -0.4 is 0 Å². The van der Waals surface area contributed by atoms with Gasteiger partial charge in [0.05, 0.1) is 22.3 Å². The maximum Gasteiger partial charge on any atom is 0.256 e. The summed E-state index contributed by atoms with van der Waals surface area (Å²) < 4.78 is 27.4. The number of nitrogens with one attached hydrogen (secondary N) is 1. The van der Waals surface area contributed by atoms with Gasteiger partial charge in [-0.3, -0.25) is 9.89 Å². The van der Waals surface area contributed by atoms with E-state index in [0.29, 0.717) is 29.2 Å². The zero-order valence-corrected chi connectivity index (χ0v) is 16.1. The molecule has 0 aliphatic carbocycles. The van der Waals surface area contributed by atoms with E-state index in [1.54, 1.807) is 38.4 Å². The second-order valence-corrected chi connectivity index (χ2v) is 8.85. The van der Waals surface area contributed by atoms with Crippen molar-refractivity contribution in [3.8, 4) is 0 Å². The molecule has 1 aromatic carbocycles. The van der Waals surface area contributed by atoms with Crippen LogP contribution in [0.5, 0.6) is 0 Å². The molecule has 0 bridgehead atoms. The minimum absolute atomic E-state index is 0.0784. The van der Waals surface area contributed by atoms with Gasteiger partial charge >= 0.3 is 0 Å². The molecular weight excluding hydrogens is 352 g/mol. The van der Waals surface area contributed by atoms with Crippen LogP contribution >= 0.6 is 0 Å². The molecule has 26 heavy (non-hydrogen) atoms. The molecule has 2 heterocycles. The lowest BCUT2D eigenvalue weighted by atomic mass is 9.93. The van der Waals surface area contributed by atoms with Gasteiger partial charge in [-0.15, -0.1) is 0 Å². The fraction of sp³-hybridized carbons (Fsp3) is 0.444. The molecule has 1 N–H and O–H groups in total. The molecule has 7 nitrogen and oxygen atoms in total. The van der Waals surface area contributed by atoms with Crippen LogP contribution in [-0.2, 0) is 10.0 Å². The van der Waals surface area contributed by atoms with Gasteiger partial charge in [-0.1, -0.05) is 17.7 Å². The van der Waals surface area contributed by atoms with Crippen molar-refractivity contribution in [3.63, 3.8) is 0 Å². The lowest BCUT2D eigenvalue weighted by Gasteiger charge is -2.32. The second-order valence-electron chi connectivity index (χ2n) is 6.91. The molecule has 1 aliphatic rings. The fourth-order valence-corrected chi connectivity index (χ4v) is 4.80. The summed E-state index contributed by atoms with van der Waals surface area (Å²) in [4.78, 5) is 14.1. The van der Waals surface area contributed by atoms with Gasteiger partial charge in [0.15, 0.2) is 0 Å². The average Bonchev–Trinajstić information content (AvgIpc) is 3.11. The molecule has 8 heteroatoms. The number of aryl methyl sites for hydroxylation is 1. The average molecular weight is 376 g/mol. The van der Waals surface area contributed by atoms with Crippen LogP contribution in [-0.4, -0.2) is 60.9 Å². The topological polar surface area (TPSA) is 86.4 Å². The number of carbonyl (C=O) groups is 1. The number of rotatable bonds is 4. The zero-order chi connectivity index (χ0) is 18.9. The molecule has 1 aromatic heterocycles. The first-order valence-corrected chi connectivity index (χ1v) is 10.1. The Morgan fingerprint density at radius 1 is 1.27 bits per heavy atom. The van der Waals surface area contributed by atoms with Crippen molar-refractivity contribution in [3.05, 3.63) is 47.3 Å². The van der Waals surface area contributed by atoms with E-state index >= 15 is 0 Å². The summed E-state index contributed by atoms with van der Waals surface area (Å²) in [6.07, 6.45) is 3.07. The first-order chi connectivity index (χ1) is 12.3. The molecule has 0 unspecified atom stereocenters. The van der Waals surface area contributed by atoms with Crippen LogP contribution in [0, 0.1) is 6.92 Å². The van der Waals surface area contributed by atoms with Gasteiger partial charge < -0.3 is 4.90 Å². The number of aromatic nitrogens is 2. The van der Waals surface area contributed by atoms with Crippen molar-refractivity contribution in [2.45, 2.75) is 30.6 Å². The van der Waals surface area contributed by atoms with E-state index < -0.39 is 10.0 Å². The predicted molar refractivity (Wildman–Crippen MR) is 98.5 cm³/mol. The van der Waals surface area contributed by atoms with Crippen LogP contribution in [0.15, 0.2) is 35.4 Å². The number of sulfonamides is 1. The smallest absolute Gasteiger partial charge is 0.256 e. The molecule has 3 rings (SSSR count). The van der Waals surface area contributed by atoms with E-state index in [0.717, 1.165) is 18.4 Å². The summed E-state index contributed by atoms with van der Waals surface area (Å²) in [6.45, 7) is 2.75. The highest BCUT2D eigenvalue weighted by molar-refractivity contribution is 7.89. The quantitative estimate of drug-likeness (QED) is 0.884. The van der Waals surface area contributed by atoms with Crippen molar-refractivity contribution in [1.82, 2.24) is 19.4 Å². The third-order valence-electron chi connectivity index (χ3n) is 4.76. The molecule has 1 amide bonds. The van der Waals surface area contributed by atoms with Crippen LogP contribution in [0.3, 0.4) is 0 Å². The lowest BCUT2D eigenvalue weighted by Crippen LogP contribution is -2.39. The summed E-state index contributed by atoms with van der Waals surface area (Å²) in [5, 5.41) is 6.93. The van der Waals surface area contributed by atoms with Crippen LogP contribution in [0.2, 0.25) is 0 Å². The highest BCUT2D eigenvalue weighted by Gasteiger charge is 2.33. The van der Waals surface area contributed by atoms with E-state index in [-0.39, 0.29) is 11.8 Å². The van der Waals surface area contributed by atoms with Crippen molar-refractivity contribution in [2.24, 2.45) is 0 Å². The second kappa shape index (κ2) is 7.20. The molecule has 1 atom stereocenters. The number of piperidine rings is 1. The molecule has 140 valence electrons. The summed E-state index contributed by atoms with van der Waals surface area (Å²) in [5.74, 6) is -0.211. The first kappa shape index (κ1) is 18.6. The molecule has 1 aliphatic heterocycles. The van der Waals surface area contributed by atoms with Crippen molar-refractivity contribution in [2.75, 3.05) is 27.2 Å². The zero-order valence-electron chi connectivity index (χ0n) is 15.3. The number of aromatic amines is 1. The third kappa shape index (κ3) is 3.52. The Morgan fingerprint density at radius 2 is 1.96 bits per heavy atom. The van der Waals surface area contributed by atoms with E-state index in [2.05, 4.69) is 10.2 Å². The molecular formula is C18H24N4O3S. The van der Waals surface area contributed by atoms with Gasteiger partial charge in [-0.05, 0) is 31.9 Å². The number of amides is 1. The SMILES string of the molecule is Cc1ccc(S(=O)(=O)N2CCC[C@@H](c3[nH]ncc3C(=O)N(C)C)C2)cc1. The predicted octanol–water partition coefficient (Wildman–Crippen LogP) is 1.99. The van der Waals surface area contributed by atoms with Crippen molar-refractivity contribution >= 4 is 15.9 Å². The first-order valence-electron chi connectivity index (χ1n) is 8.62. The third-order valence-corrected chi connectivity index (χ3v) is 6.64. The van der Waals surface area contributed by atoms with Gasteiger partial charge in [0.2, 0.25) is 10.0 Å². The number of nitrogens with zero attached hydrogens (tertiary/aromatic N) is 3. The summed E-state index contributed by atoms with van der Waals surface area (Å²) in [6, 6.07) is 6.89. The largest absolute Gasteiger partial charge is 0.345 e. The summed E-state index contributed by atoms with van der Waals surface area (Å²) in [5.41, 5.74) is 2.24. The maximum absolute atomic E-state index is 13.0. The Morgan fingerprint density at radius 3 is 2.62 bits per heavy atom. The Hall–Kier alpha value is -2.19. The highest BCUT2D eigenvalue weighted by atomic mass is 32.2. The maximum atomic E-state index is 13.0.